The highest BCUT2D eigenvalue weighted by molar-refractivity contribution is 14.0. The normalized spacial score (nSPS) is 23.4. The Morgan fingerprint density at radius 2 is 2.08 bits per heavy atom. The van der Waals surface area contributed by atoms with Gasteiger partial charge in [0.15, 0.2) is 5.96 Å². The third-order valence-electron chi connectivity index (χ3n) is 5.48. The van der Waals surface area contributed by atoms with Gasteiger partial charge in [-0.3, -0.25) is 4.99 Å². The third kappa shape index (κ3) is 5.18. The van der Waals surface area contributed by atoms with Gasteiger partial charge in [0.1, 0.15) is 0 Å². The number of hydrogen-bond donors (Lipinski definition) is 1. The van der Waals surface area contributed by atoms with Crippen LogP contribution in [0.5, 0.6) is 0 Å². The Kier molecular flexibility index (Phi) is 8.32. The average molecular weight is 512 g/mol. The summed E-state index contributed by atoms with van der Waals surface area (Å²) in [6, 6.07) is 5.75. The smallest absolute Gasteiger partial charge is 0.191 e. The Bertz CT molecular complexity index is 635. The van der Waals surface area contributed by atoms with Crippen molar-refractivity contribution in [2.75, 3.05) is 32.8 Å². The third-order valence-corrected chi connectivity index (χ3v) is 6.02. The molecule has 0 aliphatic carbocycles. The number of aliphatic imine (C=N–C) groups is 1. The number of piperidine rings is 1. The number of nitrogens with zero attached hydrogens (tertiary/aromatic N) is 2. The zero-order valence-corrected chi connectivity index (χ0v) is 19.1. The number of hydrogen-bond acceptors (Lipinski definition) is 2. The number of ether oxygens (including phenoxy) is 1. The highest BCUT2D eigenvalue weighted by atomic mass is 127. The number of likely N-dealkylation sites (tertiary alicyclic amines) is 1. The molecule has 2 heterocycles. The Morgan fingerprint density at radius 1 is 1.35 bits per heavy atom. The van der Waals surface area contributed by atoms with Crippen LogP contribution in [-0.4, -0.2) is 43.7 Å². The van der Waals surface area contributed by atoms with E-state index in [0.29, 0.717) is 28.5 Å². The quantitative estimate of drug-likeness (QED) is 0.363. The second-order valence-electron chi connectivity index (χ2n) is 7.38. The molecule has 0 spiro atoms. The number of halogens is 3. The number of rotatable bonds is 3. The molecule has 2 aliphatic heterocycles. The van der Waals surface area contributed by atoms with E-state index >= 15 is 0 Å². The summed E-state index contributed by atoms with van der Waals surface area (Å²) in [5.41, 5.74) is 7.29. The second kappa shape index (κ2) is 9.80. The van der Waals surface area contributed by atoms with E-state index < -0.39 is 0 Å². The maximum Gasteiger partial charge on any atom is 0.191 e. The molecule has 2 aliphatic rings. The molecule has 3 rings (SSSR count). The molecule has 7 heteroatoms. The molecule has 1 aromatic carbocycles. The molecule has 1 unspecified atom stereocenters. The van der Waals surface area contributed by atoms with Crippen LogP contribution in [0.2, 0.25) is 10.0 Å². The van der Waals surface area contributed by atoms with Gasteiger partial charge < -0.3 is 15.4 Å². The lowest BCUT2D eigenvalue weighted by Gasteiger charge is -2.38. The van der Waals surface area contributed by atoms with E-state index in [1.165, 1.54) is 12.8 Å². The van der Waals surface area contributed by atoms with E-state index in [2.05, 4.69) is 11.8 Å². The lowest BCUT2D eigenvalue weighted by molar-refractivity contribution is 0.0530. The molecular formula is C19H28Cl2IN3O. The summed E-state index contributed by atoms with van der Waals surface area (Å²) >= 11 is 12.6. The molecule has 2 N–H and O–H groups in total. The summed E-state index contributed by atoms with van der Waals surface area (Å²) in [6.07, 6.45) is 4.23. The molecule has 0 saturated carbocycles. The van der Waals surface area contributed by atoms with Gasteiger partial charge in [0.25, 0.3) is 0 Å². The van der Waals surface area contributed by atoms with Crippen LogP contribution in [0.25, 0.3) is 0 Å². The van der Waals surface area contributed by atoms with Gasteiger partial charge in [-0.05, 0) is 49.3 Å². The van der Waals surface area contributed by atoms with Gasteiger partial charge in [-0.15, -0.1) is 24.0 Å². The van der Waals surface area contributed by atoms with E-state index in [1.54, 1.807) is 0 Å². The fraction of sp³-hybridized carbons (Fsp3) is 0.632. The van der Waals surface area contributed by atoms with Crippen molar-refractivity contribution in [2.24, 2.45) is 16.6 Å². The minimum Gasteiger partial charge on any atom is -0.381 e. The van der Waals surface area contributed by atoms with Gasteiger partial charge in [0.2, 0.25) is 0 Å². The average Bonchev–Trinajstić information content (AvgIpc) is 2.60. The number of nitrogens with two attached hydrogens (primary N) is 1. The fourth-order valence-electron chi connectivity index (χ4n) is 3.92. The standard InChI is InChI=1S/C19H27Cl2N3O.HI/c1-14-3-2-8-24(12-14)18(22)23-13-19(6-9-25-10-7-19)16-5-4-15(20)11-17(16)21;/h4-5,11,14H,2-3,6-10,12-13H2,1H3,(H2,22,23);1H. The zero-order valence-electron chi connectivity index (χ0n) is 15.2. The van der Waals surface area contributed by atoms with Gasteiger partial charge in [-0.2, -0.15) is 0 Å². The largest absolute Gasteiger partial charge is 0.381 e. The Hall–Kier alpha value is -0.240. The molecule has 4 nitrogen and oxygen atoms in total. The van der Waals surface area contributed by atoms with Gasteiger partial charge in [-0.25, -0.2) is 0 Å². The summed E-state index contributed by atoms with van der Waals surface area (Å²) in [5.74, 6) is 1.33. The molecule has 0 aromatic heterocycles. The molecule has 1 aromatic rings. The van der Waals surface area contributed by atoms with E-state index in [9.17, 15) is 0 Å². The predicted molar refractivity (Wildman–Crippen MR) is 120 cm³/mol. The van der Waals surface area contributed by atoms with Crippen molar-refractivity contribution in [3.05, 3.63) is 33.8 Å². The van der Waals surface area contributed by atoms with Crippen molar-refractivity contribution in [1.29, 1.82) is 0 Å². The zero-order chi connectivity index (χ0) is 17.9. The molecule has 0 amide bonds. The topological polar surface area (TPSA) is 50.8 Å². The van der Waals surface area contributed by atoms with Crippen LogP contribution in [0.1, 0.15) is 38.2 Å². The summed E-state index contributed by atoms with van der Waals surface area (Å²) in [6.45, 7) is 6.33. The molecule has 26 heavy (non-hydrogen) atoms. The summed E-state index contributed by atoms with van der Waals surface area (Å²) in [4.78, 5) is 7.00. The van der Waals surface area contributed by atoms with Gasteiger partial charge in [0.05, 0.1) is 6.54 Å². The molecule has 1 atom stereocenters. The van der Waals surface area contributed by atoms with E-state index in [-0.39, 0.29) is 29.4 Å². The summed E-state index contributed by atoms with van der Waals surface area (Å²) < 4.78 is 5.59. The lowest BCUT2D eigenvalue weighted by Crippen LogP contribution is -2.45. The lowest BCUT2D eigenvalue weighted by atomic mass is 9.74. The molecule has 2 saturated heterocycles. The van der Waals surface area contributed by atoms with Crippen molar-refractivity contribution in [1.82, 2.24) is 4.90 Å². The first-order valence-electron chi connectivity index (χ1n) is 9.08. The highest BCUT2D eigenvalue weighted by Gasteiger charge is 2.36. The highest BCUT2D eigenvalue weighted by Crippen LogP contribution is 2.40. The van der Waals surface area contributed by atoms with Gasteiger partial charge in [-0.1, -0.05) is 36.2 Å². The van der Waals surface area contributed by atoms with Gasteiger partial charge in [0, 0.05) is 41.8 Å². The molecule has 0 bridgehead atoms. The van der Waals surface area contributed by atoms with Crippen LogP contribution >= 0.6 is 47.2 Å². The minimum absolute atomic E-state index is 0. The Labute approximate surface area is 183 Å². The van der Waals surface area contributed by atoms with Crippen molar-refractivity contribution < 1.29 is 4.74 Å². The minimum atomic E-state index is -0.133. The first-order chi connectivity index (χ1) is 12.0. The van der Waals surface area contributed by atoms with Crippen molar-refractivity contribution in [3.63, 3.8) is 0 Å². The van der Waals surface area contributed by atoms with Crippen molar-refractivity contribution in [3.8, 4) is 0 Å². The number of guanidine groups is 1. The van der Waals surface area contributed by atoms with Crippen LogP contribution in [0.3, 0.4) is 0 Å². The maximum atomic E-state index is 6.52. The van der Waals surface area contributed by atoms with Crippen LogP contribution in [0.15, 0.2) is 23.2 Å². The Morgan fingerprint density at radius 3 is 2.73 bits per heavy atom. The van der Waals surface area contributed by atoms with Crippen LogP contribution in [-0.2, 0) is 10.2 Å². The summed E-state index contributed by atoms with van der Waals surface area (Å²) in [5, 5.41) is 1.36. The molecular weight excluding hydrogens is 484 g/mol. The van der Waals surface area contributed by atoms with E-state index in [1.807, 2.05) is 18.2 Å². The van der Waals surface area contributed by atoms with Crippen molar-refractivity contribution >= 4 is 53.1 Å². The first kappa shape index (κ1) is 22.1. The van der Waals surface area contributed by atoms with Crippen LogP contribution < -0.4 is 5.73 Å². The van der Waals surface area contributed by atoms with Crippen molar-refractivity contribution in [2.45, 2.75) is 38.0 Å². The van der Waals surface area contributed by atoms with E-state index in [4.69, 9.17) is 38.7 Å². The molecule has 146 valence electrons. The number of benzene rings is 1. The van der Waals surface area contributed by atoms with Crippen LogP contribution in [0, 0.1) is 5.92 Å². The second-order valence-corrected chi connectivity index (χ2v) is 8.23. The predicted octanol–water partition coefficient (Wildman–Crippen LogP) is 4.71. The first-order valence-corrected chi connectivity index (χ1v) is 9.84. The molecule has 2 fully saturated rings. The fourth-order valence-corrected chi connectivity index (χ4v) is 4.53. The van der Waals surface area contributed by atoms with E-state index in [0.717, 1.165) is 44.7 Å². The molecule has 0 radical (unpaired) electrons. The van der Waals surface area contributed by atoms with Gasteiger partial charge >= 0.3 is 0 Å². The van der Waals surface area contributed by atoms with Crippen LogP contribution in [0.4, 0.5) is 0 Å². The monoisotopic (exact) mass is 511 g/mol. The SMILES string of the molecule is CC1CCCN(C(N)=NCC2(c3ccc(Cl)cc3Cl)CCOCC2)C1.I. The maximum absolute atomic E-state index is 6.52. The Balaban J connectivity index is 0.00000243. The summed E-state index contributed by atoms with van der Waals surface area (Å²) in [7, 11) is 0.